The lowest BCUT2D eigenvalue weighted by Gasteiger charge is -2.28. The second-order valence-corrected chi connectivity index (χ2v) is 5.73. The highest BCUT2D eigenvalue weighted by Crippen LogP contribution is 2.29. The first-order chi connectivity index (χ1) is 9.30. The molecule has 2 nitrogen and oxygen atoms in total. The molecule has 0 aromatic heterocycles. The molecule has 0 heterocycles. The van der Waals surface area contributed by atoms with Gasteiger partial charge < -0.3 is 10.6 Å². The Hall–Kier alpha value is -0.860. The summed E-state index contributed by atoms with van der Waals surface area (Å²) in [6.45, 7) is 3.35. The first-order valence-electron chi connectivity index (χ1n) is 7.73. The highest BCUT2D eigenvalue weighted by molar-refractivity contribution is 5.35. The Bertz CT molecular complexity index is 400. The van der Waals surface area contributed by atoms with Crippen LogP contribution in [-0.2, 0) is 12.8 Å². The SMILES string of the molecule is CCC(CNC)C(NC)c1ccc2c(c1)CCCC2. The molecule has 106 valence electrons. The molecule has 1 aromatic carbocycles. The Kier molecular flexibility index (Phi) is 5.41. The molecule has 1 aliphatic rings. The van der Waals surface area contributed by atoms with E-state index in [9.17, 15) is 0 Å². The minimum Gasteiger partial charge on any atom is -0.319 e. The average Bonchev–Trinajstić information content (AvgIpc) is 2.47. The zero-order valence-corrected chi connectivity index (χ0v) is 12.6. The molecule has 0 radical (unpaired) electrons. The fourth-order valence-corrected chi connectivity index (χ4v) is 3.38. The van der Waals surface area contributed by atoms with Crippen LogP contribution in [0.15, 0.2) is 18.2 Å². The van der Waals surface area contributed by atoms with Crippen molar-refractivity contribution in [3.8, 4) is 0 Å². The lowest BCUT2D eigenvalue weighted by molar-refractivity contribution is 0.359. The molecule has 0 bridgehead atoms. The van der Waals surface area contributed by atoms with Crippen LogP contribution in [0.2, 0.25) is 0 Å². The van der Waals surface area contributed by atoms with Crippen molar-refractivity contribution in [1.29, 1.82) is 0 Å². The minimum atomic E-state index is 0.463. The largest absolute Gasteiger partial charge is 0.319 e. The van der Waals surface area contributed by atoms with Gasteiger partial charge in [0.15, 0.2) is 0 Å². The fraction of sp³-hybridized carbons (Fsp3) is 0.647. The van der Waals surface area contributed by atoms with Crippen LogP contribution in [0.25, 0.3) is 0 Å². The molecule has 19 heavy (non-hydrogen) atoms. The second-order valence-electron chi connectivity index (χ2n) is 5.73. The third kappa shape index (κ3) is 3.37. The van der Waals surface area contributed by atoms with Crippen molar-refractivity contribution in [3.63, 3.8) is 0 Å². The minimum absolute atomic E-state index is 0.463. The van der Waals surface area contributed by atoms with Gasteiger partial charge in [0.2, 0.25) is 0 Å². The van der Waals surface area contributed by atoms with Gasteiger partial charge in [-0.25, -0.2) is 0 Å². The standard InChI is InChI=1S/C17H28N2/c1-4-13(12-18-2)17(19-3)16-10-9-14-7-5-6-8-15(14)11-16/h9-11,13,17-19H,4-8,12H2,1-3H3. The summed E-state index contributed by atoms with van der Waals surface area (Å²) in [5.41, 5.74) is 4.63. The highest BCUT2D eigenvalue weighted by Gasteiger charge is 2.21. The van der Waals surface area contributed by atoms with Crippen molar-refractivity contribution in [2.24, 2.45) is 5.92 Å². The van der Waals surface area contributed by atoms with Crippen LogP contribution < -0.4 is 10.6 Å². The Labute approximate surface area is 118 Å². The maximum Gasteiger partial charge on any atom is 0.0358 e. The van der Waals surface area contributed by atoms with E-state index in [4.69, 9.17) is 0 Å². The van der Waals surface area contributed by atoms with Crippen LogP contribution in [-0.4, -0.2) is 20.6 Å². The highest BCUT2D eigenvalue weighted by atomic mass is 14.9. The van der Waals surface area contributed by atoms with Gasteiger partial charge in [0, 0.05) is 6.04 Å². The van der Waals surface area contributed by atoms with Gasteiger partial charge in [-0.15, -0.1) is 0 Å². The van der Waals surface area contributed by atoms with E-state index in [1.165, 1.54) is 37.7 Å². The predicted molar refractivity (Wildman–Crippen MR) is 82.6 cm³/mol. The van der Waals surface area contributed by atoms with Gasteiger partial charge in [-0.3, -0.25) is 0 Å². The van der Waals surface area contributed by atoms with Crippen LogP contribution in [0.4, 0.5) is 0 Å². The smallest absolute Gasteiger partial charge is 0.0358 e. The normalized spacial score (nSPS) is 17.8. The predicted octanol–water partition coefficient (Wildman–Crippen LogP) is 3.07. The summed E-state index contributed by atoms with van der Waals surface area (Å²) in [5, 5.41) is 6.85. The number of hydrogen-bond acceptors (Lipinski definition) is 2. The summed E-state index contributed by atoms with van der Waals surface area (Å²) < 4.78 is 0. The van der Waals surface area contributed by atoms with Gasteiger partial charge in [-0.2, -0.15) is 0 Å². The van der Waals surface area contributed by atoms with Crippen molar-refractivity contribution in [1.82, 2.24) is 10.6 Å². The van der Waals surface area contributed by atoms with Gasteiger partial charge in [0.05, 0.1) is 0 Å². The van der Waals surface area contributed by atoms with Crippen molar-refractivity contribution in [2.45, 2.75) is 45.1 Å². The lowest BCUT2D eigenvalue weighted by Crippen LogP contribution is -2.31. The molecule has 1 aliphatic carbocycles. The molecule has 0 spiro atoms. The molecule has 0 amide bonds. The van der Waals surface area contributed by atoms with E-state index in [2.05, 4.69) is 42.8 Å². The van der Waals surface area contributed by atoms with E-state index in [-0.39, 0.29) is 0 Å². The molecule has 2 N–H and O–H groups in total. The average molecular weight is 260 g/mol. The van der Waals surface area contributed by atoms with Gasteiger partial charge in [-0.1, -0.05) is 31.5 Å². The fourth-order valence-electron chi connectivity index (χ4n) is 3.38. The quantitative estimate of drug-likeness (QED) is 0.821. The molecule has 2 atom stereocenters. The van der Waals surface area contributed by atoms with Crippen LogP contribution in [0.5, 0.6) is 0 Å². The van der Waals surface area contributed by atoms with Gasteiger partial charge in [0.25, 0.3) is 0 Å². The Morgan fingerprint density at radius 3 is 2.47 bits per heavy atom. The molecule has 2 unspecified atom stereocenters. The van der Waals surface area contributed by atoms with E-state index in [1.54, 1.807) is 11.1 Å². The number of hydrogen-bond donors (Lipinski definition) is 2. The van der Waals surface area contributed by atoms with Gasteiger partial charge >= 0.3 is 0 Å². The third-order valence-corrected chi connectivity index (χ3v) is 4.50. The molecule has 0 saturated carbocycles. The lowest BCUT2D eigenvalue weighted by atomic mass is 9.85. The second kappa shape index (κ2) is 7.06. The van der Waals surface area contributed by atoms with Crippen molar-refractivity contribution in [3.05, 3.63) is 34.9 Å². The van der Waals surface area contributed by atoms with E-state index < -0.39 is 0 Å². The molecular formula is C17H28N2. The molecule has 1 aromatic rings. The molecule has 0 saturated heterocycles. The first-order valence-corrected chi connectivity index (χ1v) is 7.73. The van der Waals surface area contributed by atoms with Crippen molar-refractivity contribution < 1.29 is 0 Å². The van der Waals surface area contributed by atoms with Crippen LogP contribution in [0, 0.1) is 5.92 Å². The maximum atomic E-state index is 3.52. The summed E-state index contributed by atoms with van der Waals surface area (Å²) in [4.78, 5) is 0. The zero-order chi connectivity index (χ0) is 13.7. The summed E-state index contributed by atoms with van der Waals surface area (Å²) >= 11 is 0. The first kappa shape index (κ1) is 14.5. The van der Waals surface area contributed by atoms with Gasteiger partial charge in [-0.05, 0) is 68.9 Å². The summed E-state index contributed by atoms with van der Waals surface area (Å²) in [6, 6.07) is 7.61. The van der Waals surface area contributed by atoms with E-state index in [1.807, 2.05) is 7.05 Å². The van der Waals surface area contributed by atoms with Crippen molar-refractivity contribution >= 4 is 0 Å². The Balaban J connectivity index is 2.22. The zero-order valence-electron chi connectivity index (χ0n) is 12.6. The topological polar surface area (TPSA) is 24.1 Å². The molecule has 0 fully saturated rings. The van der Waals surface area contributed by atoms with Gasteiger partial charge in [0.1, 0.15) is 0 Å². The van der Waals surface area contributed by atoms with Crippen LogP contribution >= 0.6 is 0 Å². The molecule has 0 aliphatic heterocycles. The molecule has 2 heteroatoms. The van der Waals surface area contributed by atoms with Crippen LogP contribution in [0.3, 0.4) is 0 Å². The summed E-state index contributed by atoms with van der Waals surface area (Å²) in [5.74, 6) is 0.650. The number of rotatable bonds is 6. The molecule has 2 rings (SSSR count). The monoisotopic (exact) mass is 260 g/mol. The number of benzene rings is 1. The van der Waals surface area contributed by atoms with E-state index in [0.29, 0.717) is 12.0 Å². The van der Waals surface area contributed by atoms with Crippen molar-refractivity contribution in [2.75, 3.05) is 20.6 Å². The number of nitrogens with one attached hydrogen (secondary N) is 2. The Morgan fingerprint density at radius 1 is 1.11 bits per heavy atom. The maximum absolute atomic E-state index is 3.52. The summed E-state index contributed by atoms with van der Waals surface area (Å²) in [7, 11) is 4.13. The van der Waals surface area contributed by atoms with E-state index >= 15 is 0 Å². The number of fused-ring (bicyclic) bond motifs is 1. The molecular weight excluding hydrogens is 232 g/mol. The third-order valence-electron chi connectivity index (χ3n) is 4.50. The number of aryl methyl sites for hydroxylation is 2. The van der Waals surface area contributed by atoms with E-state index in [0.717, 1.165) is 6.54 Å². The Morgan fingerprint density at radius 2 is 1.84 bits per heavy atom. The summed E-state index contributed by atoms with van der Waals surface area (Å²) in [6.07, 6.45) is 6.45. The van der Waals surface area contributed by atoms with Crippen LogP contribution in [0.1, 0.15) is 48.9 Å².